The molecule has 0 bridgehead atoms. The molecule has 2 rings (SSSR count). The van der Waals surface area contributed by atoms with E-state index in [2.05, 4.69) is 93.8 Å². The average Bonchev–Trinajstić information content (AvgIpc) is 2.23. The number of benzene rings is 2. The molecule has 2 aromatic rings. The molecule has 0 spiro atoms. The fraction of sp³-hybridized carbons (Fsp3) is 0.333. The minimum atomic E-state index is -2.65. The molecule has 0 amide bonds. The fourth-order valence-corrected chi connectivity index (χ4v) is 21.8. The molecule has 0 saturated carbocycles. The predicted octanol–water partition coefficient (Wildman–Crippen LogP) is 4.88. The maximum atomic E-state index is 4.15. The van der Waals surface area contributed by atoms with Crippen molar-refractivity contribution in [2.45, 2.75) is 41.5 Å². The molecule has 0 nitrogen and oxygen atoms in total. The molecule has 21 heavy (non-hydrogen) atoms. The molecule has 0 heterocycles. The molecule has 0 saturated heterocycles. The zero-order valence-electron chi connectivity index (χ0n) is 13.6. The summed E-state index contributed by atoms with van der Waals surface area (Å²) < 4.78 is 2.99. The van der Waals surface area contributed by atoms with Gasteiger partial charge in [-0.05, 0) is 0 Å². The van der Waals surface area contributed by atoms with Crippen LogP contribution in [-0.4, -0.2) is 9.58 Å². The van der Waals surface area contributed by atoms with Crippen molar-refractivity contribution in [2.24, 2.45) is 0 Å². The van der Waals surface area contributed by atoms with E-state index in [0.717, 1.165) is 0 Å². The summed E-state index contributed by atoms with van der Waals surface area (Å²) in [7, 11) is -2.65. The van der Waals surface area contributed by atoms with Crippen molar-refractivity contribution < 1.29 is 0 Å². The van der Waals surface area contributed by atoms with Gasteiger partial charge in [-0.1, -0.05) is 0 Å². The van der Waals surface area contributed by atoms with Crippen molar-refractivity contribution in [3.05, 3.63) is 57.6 Å². The van der Waals surface area contributed by atoms with E-state index >= 15 is 0 Å². The van der Waals surface area contributed by atoms with Gasteiger partial charge in [-0.2, -0.15) is 0 Å². The number of rotatable bonds is 2. The summed E-state index contributed by atoms with van der Waals surface area (Å²) in [4.78, 5) is 0. The second kappa shape index (κ2) is 6.21. The van der Waals surface area contributed by atoms with Crippen molar-refractivity contribution in [2.75, 3.05) is 0 Å². The van der Waals surface area contributed by atoms with Gasteiger partial charge in [0.1, 0.15) is 0 Å². The van der Waals surface area contributed by atoms with Crippen molar-refractivity contribution >= 4 is 46.4 Å². The van der Waals surface area contributed by atoms with Gasteiger partial charge in [0, 0.05) is 0 Å². The van der Waals surface area contributed by atoms with Crippen LogP contribution in [0.4, 0.5) is 0 Å². The topological polar surface area (TPSA) is 0 Å². The van der Waals surface area contributed by atoms with Gasteiger partial charge in [0.05, 0.1) is 0 Å². The molecule has 0 N–H and O–H groups in total. The van der Waals surface area contributed by atoms with Crippen molar-refractivity contribution in [3.8, 4) is 0 Å². The van der Waals surface area contributed by atoms with Crippen molar-refractivity contribution in [1.29, 1.82) is 0 Å². The molecule has 0 aromatic heterocycles. The standard InChI is InChI=1S/C18H22Br2Ge/c1-11-7-13(3)17(14(4)8-11)21(19,20)18-15(5)9-12(2)10-16(18)6/h7-10H,1-6H3. The summed E-state index contributed by atoms with van der Waals surface area (Å²) >= 11 is 8.31. The first-order valence-corrected chi connectivity index (χ1v) is 19.1. The Morgan fingerprint density at radius 3 is 1.05 bits per heavy atom. The van der Waals surface area contributed by atoms with Gasteiger partial charge in [0.25, 0.3) is 0 Å². The van der Waals surface area contributed by atoms with Crippen LogP contribution < -0.4 is 8.79 Å². The molecule has 2 aromatic carbocycles. The molecule has 0 fully saturated rings. The quantitative estimate of drug-likeness (QED) is 0.549. The van der Waals surface area contributed by atoms with Gasteiger partial charge in [-0.15, -0.1) is 0 Å². The second-order valence-electron chi connectivity index (χ2n) is 6.12. The van der Waals surface area contributed by atoms with Crippen LogP contribution in [0, 0.1) is 41.5 Å². The normalized spacial score (nSPS) is 11.8. The fourth-order valence-electron chi connectivity index (χ4n) is 3.48. The Morgan fingerprint density at radius 2 is 0.810 bits per heavy atom. The van der Waals surface area contributed by atoms with E-state index in [4.69, 9.17) is 0 Å². The molecule has 0 radical (unpaired) electrons. The van der Waals surface area contributed by atoms with Crippen LogP contribution in [0.25, 0.3) is 0 Å². The zero-order valence-corrected chi connectivity index (χ0v) is 18.8. The van der Waals surface area contributed by atoms with Crippen LogP contribution in [0.1, 0.15) is 33.4 Å². The molecule has 112 valence electrons. The Labute approximate surface area is 144 Å². The van der Waals surface area contributed by atoms with Crippen LogP contribution in [0.5, 0.6) is 0 Å². The van der Waals surface area contributed by atoms with Crippen LogP contribution in [0.15, 0.2) is 24.3 Å². The van der Waals surface area contributed by atoms with Crippen molar-refractivity contribution in [1.82, 2.24) is 0 Å². The molecular formula is C18H22Br2Ge. The first kappa shape index (κ1) is 17.3. The summed E-state index contributed by atoms with van der Waals surface area (Å²) in [5, 5.41) is 0. The van der Waals surface area contributed by atoms with E-state index in [1.807, 2.05) is 0 Å². The summed E-state index contributed by atoms with van der Waals surface area (Å²) in [5.74, 6) is 0. The van der Waals surface area contributed by atoms with E-state index in [-0.39, 0.29) is 0 Å². The molecule has 3 heteroatoms. The third-order valence-corrected chi connectivity index (χ3v) is 18.2. The summed E-state index contributed by atoms with van der Waals surface area (Å²) in [5.41, 5.74) is 8.23. The molecule has 0 aliphatic carbocycles. The van der Waals surface area contributed by atoms with Gasteiger partial charge >= 0.3 is 146 Å². The van der Waals surface area contributed by atoms with E-state index in [0.29, 0.717) is 0 Å². The molecular weight excluding hydrogens is 449 g/mol. The Morgan fingerprint density at radius 1 is 0.571 bits per heavy atom. The van der Waals surface area contributed by atoms with Crippen LogP contribution >= 0.6 is 28.0 Å². The summed E-state index contributed by atoms with van der Waals surface area (Å²) in [6, 6.07) is 9.18. The maximum absolute atomic E-state index is 4.15. The summed E-state index contributed by atoms with van der Waals surface area (Å²) in [6.45, 7) is 13.3. The van der Waals surface area contributed by atoms with E-state index in [9.17, 15) is 0 Å². The van der Waals surface area contributed by atoms with E-state index in [1.54, 1.807) is 0 Å². The Hall–Kier alpha value is -0.0571. The number of aryl methyl sites for hydroxylation is 6. The van der Waals surface area contributed by atoms with Gasteiger partial charge < -0.3 is 0 Å². The van der Waals surface area contributed by atoms with Gasteiger partial charge in [0.2, 0.25) is 0 Å². The van der Waals surface area contributed by atoms with E-state index < -0.39 is 9.58 Å². The number of hydrogen-bond donors (Lipinski definition) is 0. The number of hydrogen-bond acceptors (Lipinski definition) is 0. The van der Waals surface area contributed by atoms with Gasteiger partial charge in [-0.3, -0.25) is 0 Å². The second-order valence-corrected chi connectivity index (χ2v) is 28.5. The molecule has 0 aliphatic rings. The number of halogens is 2. The van der Waals surface area contributed by atoms with E-state index in [1.165, 1.54) is 42.2 Å². The molecule has 0 aliphatic heterocycles. The predicted molar refractivity (Wildman–Crippen MR) is 104 cm³/mol. The third-order valence-electron chi connectivity index (χ3n) is 3.98. The Bertz CT molecular complexity index is 597. The zero-order chi connectivity index (χ0) is 15.9. The first-order chi connectivity index (χ1) is 9.64. The third kappa shape index (κ3) is 3.33. The Kier molecular flexibility index (Phi) is 5.12. The van der Waals surface area contributed by atoms with Crippen LogP contribution in [0.3, 0.4) is 0 Å². The van der Waals surface area contributed by atoms with Crippen molar-refractivity contribution in [3.63, 3.8) is 0 Å². The Balaban J connectivity index is 2.74. The van der Waals surface area contributed by atoms with Gasteiger partial charge in [-0.25, -0.2) is 0 Å². The van der Waals surface area contributed by atoms with Crippen LogP contribution in [-0.2, 0) is 0 Å². The monoisotopic (exact) mass is 470 g/mol. The SMILES string of the molecule is Cc1cc(C)[c]([Ge]([Br])([Br])[c]2c(C)cc(C)cc2C)c(C)c1. The van der Waals surface area contributed by atoms with Gasteiger partial charge in [0.15, 0.2) is 0 Å². The average molecular weight is 471 g/mol. The molecule has 0 unspecified atom stereocenters. The summed E-state index contributed by atoms with van der Waals surface area (Å²) in [6.07, 6.45) is 0. The first-order valence-electron chi connectivity index (χ1n) is 7.19. The molecule has 0 atom stereocenters. The minimum absolute atomic E-state index is 1.34. The van der Waals surface area contributed by atoms with Crippen LogP contribution in [0.2, 0.25) is 0 Å².